The fourth-order valence-corrected chi connectivity index (χ4v) is 4.45. The lowest BCUT2D eigenvalue weighted by Gasteiger charge is -2.18. The lowest BCUT2D eigenvalue weighted by atomic mass is 10.1. The van der Waals surface area contributed by atoms with Crippen LogP contribution in [0.25, 0.3) is 0 Å². The van der Waals surface area contributed by atoms with Gasteiger partial charge in [-0.25, -0.2) is 12.8 Å². The number of halogens is 1. The number of sulfonamides is 1. The van der Waals surface area contributed by atoms with Crippen LogP contribution in [0.1, 0.15) is 36.0 Å². The first-order valence-electron chi connectivity index (χ1n) is 9.20. The summed E-state index contributed by atoms with van der Waals surface area (Å²) < 4.78 is 52.3. The first-order valence-corrected chi connectivity index (χ1v) is 10.7. The molecule has 1 fully saturated rings. The van der Waals surface area contributed by atoms with Crippen LogP contribution in [-0.4, -0.2) is 34.6 Å². The number of benzene rings is 2. The molecule has 0 heterocycles. The van der Waals surface area contributed by atoms with Crippen molar-refractivity contribution >= 4 is 21.6 Å². The number of hydrogen-bond donors (Lipinski definition) is 2. The molecule has 1 aliphatic carbocycles. The standard InChI is InChI=1S/C20H23FN2O5S/c1-27-18-12-14(29(25,26)23-17-10-6-5-9-16(17)21)11-15(19(18)28-2)20(24)22-13-7-3-4-8-13/h5-6,9-13,23H,3-4,7-8H2,1-2H3,(H,22,24). The number of nitrogens with one attached hydrogen (secondary N) is 2. The highest BCUT2D eigenvalue weighted by Crippen LogP contribution is 2.35. The Kier molecular flexibility index (Phi) is 6.26. The van der Waals surface area contributed by atoms with E-state index in [2.05, 4.69) is 10.0 Å². The van der Waals surface area contributed by atoms with E-state index in [1.807, 2.05) is 0 Å². The average Bonchev–Trinajstić information content (AvgIpc) is 3.21. The number of para-hydroxylation sites is 1. The third-order valence-electron chi connectivity index (χ3n) is 4.82. The maximum absolute atomic E-state index is 13.9. The van der Waals surface area contributed by atoms with Crippen LogP contribution in [-0.2, 0) is 10.0 Å². The molecule has 1 amide bonds. The zero-order valence-electron chi connectivity index (χ0n) is 16.2. The Labute approximate surface area is 169 Å². The van der Waals surface area contributed by atoms with Crippen molar-refractivity contribution in [3.8, 4) is 11.5 Å². The highest BCUT2D eigenvalue weighted by atomic mass is 32.2. The molecule has 0 spiro atoms. The number of hydrogen-bond acceptors (Lipinski definition) is 5. The van der Waals surface area contributed by atoms with Gasteiger partial charge in [0, 0.05) is 12.1 Å². The number of ether oxygens (including phenoxy) is 2. The number of rotatable bonds is 7. The van der Waals surface area contributed by atoms with Crippen molar-refractivity contribution in [1.29, 1.82) is 0 Å². The summed E-state index contributed by atoms with van der Waals surface area (Å²) in [5.41, 5.74) is -0.160. The van der Waals surface area contributed by atoms with Crippen LogP contribution >= 0.6 is 0 Å². The van der Waals surface area contributed by atoms with E-state index in [4.69, 9.17) is 9.47 Å². The second kappa shape index (κ2) is 8.69. The average molecular weight is 422 g/mol. The van der Waals surface area contributed by atoms with Gasteiger partial charge in [-0.3, -0.25) is 9.52 Å². The van der Waals surface area contributed by atoms with Gasteiger partial charge >= 0.3 is 0 Å². The summed E-state index contributed by atoms with van der Waals surface area (Å²) in [6.07, 6.45) is 3.81. The molecule has 2 aromatic carbocycles. The maximum atomic E-state index is 13.9. The predicted octanol–water partition coefficient (Wildman–Crippen LogP) is 3.32. The molecule has 0 atom stereocenters. The molecule has 156 valence electrons. The van der Waals surface area contributed by atoms with Crippen LogP contribution in [0.2, 0.25) is 0 Å². The van der Waals surface area contributed by atoms with E-state index in [0.717, 1.165) is 31.7 Å². The third-order valence-corrected chi connectivity index (χ3v) is 6.16. The van der Waals surface area contributed by atoms with E-state index in [9.17, 15) is 17.6 Å². The molecule has 2 aromatic rings. The van der Waals surface area contributed by atoms with Gasteiger partial charge in [0.2, 0.25) is 0 Å². The minimum Gasteiger partial charge on any atom is -0.493 e. The van der Waals surface area contributed by atoms with Gasteiger partial charge in [0.15, 0.2) is 11.5 Å². The van der Waals surface area contributed by atoms with Gasteiger partial charge in [0.1, 0.15) is 5.82 Å². The second-order valence-corrected chi connectivity index (χ2v) is 8.43. The predicted molar refractivity (Wildman–Crippen MR) is 106 cm³/mol. The normalized spacial score (nSPS) is 14.4. The number of carbonyl (C=O) groups is 1. The summed E-state index contributed by atoms with van der Waals surface area (Å²) in [6, 6.07) is 7.89. The van der Waals surface area contributed by atoms with Crippen molar-refractivity contribution in [1.82, 2.24) is 5.32 Å². The van der Waals surface area contributed by atoms with Crippen molar-refractivity contribution in [3.05, 3.63) is 47.8 Å². The van der Waals surface area contributed by atoms with Gasteiger partial charge in [-0.1, -0.05) is 25.0 Å². The molecular weight excluding hydrogens is 399 g/mol. The Morgan fingerprint density at radius 1 is 1.10 bits per heavy atom. The summed E-state index contributed by atoms with van der Waals surface area (Å²) in [7, 11) is -1.47. The van der Waals surface area contributed by atoms with E-state index in [0.29, 0.717) is 0 Å². The fraction of sp³-hybridized carbons (Fsp3) is 0.350. The zero-order valence-corrected chi connectivity index (χ0v) is 17.0. The Hall–Kier alpha value is -2.81. The minimum absolute atomic E-state index is 0.0349. The lowest BCUT2D eigenvalue weighted by molar-refractivity contribution is 0.0934. The van der Waals surface area contributed by atoms with Gasteiger partial charge < -0.3 is 14.8 Å². The molecule has 0 saturated heterocycles. The molecular formula is C20H23FN2O5S. The summed E-state index contributed by atoms with van der Waals surface area (Å²) in [6.45, 7) is 0. The van der Waals surface area contributed by atoms with Crippen molar-refractivity contribution in [2.75, 3.05) is 18.9 Å². The number of methoxy groups -OCH3 is 2. The Bertz CT molecular complexity index is 1000. The number of amides is 1. The molecule has 0 aromatic heterocycles. The van der Waals surface area contributed by atoms with Crippen LogP contribution < -0.4 is 19.5 Å². The van der Waals surface area contributed by atoms with Crippen molar-refractivity contribution in [2.45, 2.75) is 36.6 Å². The quantitative estimate of drug-likeness (QED) is 0.714. The molecule has 9 heteroatoms. The van der Waals surface area contributed by atoms with Crippen molar-refractivity contribution in [3.63, 3.8) is 0 Å². The van der Waals surface area contributed by atoms with E-state index in [1.54, 1.807) is 0 Å². The summed E-state index contributed by atoms with van der Waals surface area (Å²) >= 11 is 0. The van der Waals surface area contributed by atoms with Crippen LogP contribution in [0.3, 0.4) is 0 Å². The highest BCUT2D eigenvalue weighted by Gasteiger charge is 2.26. The van der Waals surface area contributed by atoms with Crippen LogP contribution in [0, 0.1) is 5.82 Å². The molecule has 2 N–H and O–H groups in total. The summed E-state index contributed by atoms with van der Waals surface area (Å²) in [5, 5.41) is 2.91. The molecule has 29 heavy (non-hydrogen) atoms. The molecule has 1 aliphatic rings. The molecule has 3 rings (SSSR count). The van der Waals surface area contributed by atoms with Gasteiger partial charge in [0.25, 0.3) is 15.9 Å². The molecule has 0 aliphatic heterocycles. The van der Waals surface area contributed by atoms with E-state index in [1.165, 1.54) is 44.6 Å². The third kappa shape index (κ3) is 4.61. The maximum Gasteiger partial charge on any atom is 0.262 e. The molecule has 0 bridgehead atoms. The Morgan fingerprint density at radius 3 is 2.41 bits per heavy atom. The number of anilines is 1. The molecule has 0 radical (unpaired) electrons. The minimum atomic E-state index is -4.18. The summed E-state index contributed by atoms with van der Waals surface area (Å²) in [5.74, 6) is -0.945. The smallest absolute Gasteiger partial charge is 0.262 e. The second-order valence-electron chi connectivity index (χ2n) is 6.75. The largest absolute Gasteiger partial charge is 0.493 e. The lowest BCUT2D eigenvalue weighted by Crippen LogP contribution is -2.33. The molecule has 7 nitrogen and oxygen atoms in total. The van der Waals surface area contributed by atoms with Crippen molar-refractivity contribution < 1.29 is 27.1 Å². The monoisotopic (exact) mass is 422 g/mol. The molecule has 0 unspecified atom stereocenters. The summed E-state index contributed by atoms with van der Waals surface area (Å²) in [4.78, 5) is 12.6. The topological polar surface area (TPSA) is 93.7 Å². The first-order chi connectivity index (χ1) is 13.9. The van der Waals surface area contributed by atoms with Crippen LogP contribution in [0.15, 0.2) is 41.3 Å². The van der Waals surface area contributed by atoms with E-state index >= 15 is 0 Å². The van der Waals surface area contributed by atoms with Gasteiger partial charge in [0.05, 0.1) is 30.4 Å². The van der Waals surface area contributed by atoms with E-state index in [-0.39, 0.29) is 33.7 Å². The zero-order chi connectivity index (χ0) is 21.0. The van der Waals surface area contributed by atoms with Crippen LogP contribution in [0.4, 0.5) is 10.1 Å². The molecule has 1 saturated carbocycles. The fourth-order valence-electron chi connectivity index (χ4n) is 3.34. The van der Waals surface area contributed by atoms with E-state index < -0.39 is 21.7 Å². The number of carbonyl (C=O) groups excluding carboxylic acids is 1. The highest BCUT2D eigenvalue weighted by molar-refractivity contribution is 7.92. The SMILES string of the molecule is COc1cc(S(=O)(=O)Nc2ccccc2F)cc(C(=O)NC2CCCC2)c1OC. The van der Waals surface area contributed by atoms with Gasteiger partial charge in [-0.2, -0.15) is 0 Å². The van der Waals surface area contributed by atoms with Crippen LogP contribution in [0.5, 0.6) is 11.5 Å². The van der Waals surface area contributed by atoms with Gasteiger partial charge in [-0.15, -0.1) is 0 Å². The van der Waals surface area contributed by atoms with Crippen molar-refractivity contribution in [2.24, 2.45) is 0 Å². The Morgan fingerprint density at radius 2 is 1.79 bits per heavy atom. The van der Waals surface area contributed by atoms with Gasteiger partial charge in [-0.05, 0) is 31.0 Å². The first kappa shape index (κ1) is 20.9. The Balaban J connectivity index is 2.00.